The highest BCUT2D eigenvalue weighted by atomic mass is 32.2. The standard InChI is InChI=1S/C10H12N4O4S/c1-6(2)19(17,18)13-9-4-3-7(14(15)16)5-8(9)12-10(13)11/h3-6H,1-2H3,(H2,11,12). The van der Waals surface area contributed by atoms with Crippen molar-refractivity contribution in [1.82, 2.24) is 8.96 Å². The summed E-state index contributed by atoms with van der Waals surface area (Å²) in [5, 5.41) is 9.98. The van der Waals surface area contributed by atoms with Crippen LogP contribution in [0.3, 0.4) is 0 Å². The third kappa shape index (κ3) is 2.01. The van der Waals surface area contributed by atoms with Gasteiger partial charge in [0, 0.05) is 12.1 Å². The lowest BCUT2D eigenvalue weighted by molar-refractivity contribution is -0.384. The normalized spacial score (nSPS) is 12.2. The Morgan fingerprint density at radius 2 is 2.05 bits per heavy atom. The van der Waals surface area contributed by atoms with E-state index in [1.165, 1.54) is 32.0 Å². The number of nitrogens with two attached hydrogens (primary N) is 1. The lowest BCUT2D eigenvalue weighted by Gasteiger charge is -2.10. The van der Waals surface area contributed by atoms with Crippen molar-refractivity contribution in [3.8, 4) is 0 Å². The van der Waals surface area contributed by atoms with Gasteiger partial charge < -0.3 is 5.73 Å². The summed E-state index contributed by atoms with van der Waals surface area (Å²) in [4.78, 5) is 13.9. The molecule has 0 saturated carbocycles. The monoisotopic (exact) mass is 284 g/mol. The van der Waals surface area contributed by atoms with Gasteiger partial charge in [0.05, 0.1) is 21.2 Å². The van der Waals surface area contributed by atoms with Crippen LogP contribution in [0.15, 0.2) is 18.2 Å². The van der Waals surface area contributed by atoms with Crippen molar-refractivity contribution in [3.63, 3.8) is 0 Å². The zero-order valence-electron chi connectivity index (χ0n) is 10.3. The molecule has 1 aromatic heterocycles. The van der Waals surface area contributed by atoms with E-state index in [9.17, 15) is 18.5 Å². The van der Waals surface area contributed by atoms with E-state index in [1.54, 1.807) is 0 Å². The molecule has 1 aromatic carbocycles. The number of fused-ring (bicyclic) bond motifs is 1. The first-order valence-corrected chi connectivity index (χ1v) is 6.92. The van der Waals surface area contributed by atoms with E-state index < -0.39 is 20.2 Å². The van der Waals surface area contributed by atoms with Crippen LogP contribution in [0.5, 0.6) is 0 Å². The van der Waals surface area contributed by atoms with Gasteiger partial charge in [0.1, 0.15) is 0 Å². The second kappa shape index (κ2) is 4.19. The summed E-state index contributed by atoms with van der Waals surface area (Å²) in [5.41, 5.74) is 5.85. The van der Waals surface area contributed by atoms with E-state index in [0.717, 1.165) is 3.97 Å². The number of hydrogen-bond acceptors (Lipinski definition) is 6. The molecule has 0 amide bonds. The molecular weight excluding hydrogens is 272 g/mol. The van der Waals surface area contributed by atoms with E-state index in [4.69, 9.17) is 5.73 Å². The van der Waals surface area contributed by atoms with E-state index in [-0.39, 0.29) is 22.7 Å². The molecule has 19 heavy (non-hydrogen) atoms. The Hall–Kier alpha value is -2.16. The van der Waals surface area contributed by atoms with Crippen LogP contribution in [0.4, 0.5) is 11.6 Å². The summed E-state index contributed by atoms with van der Waals surface area (Å²) in [5.74, 6) is -0.204. The Morgan fingerprint density at radius 1 is 1.42 bits per heavy atom. The predicted octanol–water partition coefficient (Wildman–Crippen LogP) is 1.11. The van der Waals surface area contributed by atoms with Crippen LogP contribution < -0.4 is 5.73 Å². The average molecular weight is 284 g/mol. The molecule has 102 valence electrons. The summed E-state index contributed by atoms with van der Waals surface area (Å²) < 4.78 is 25.2. The van der Waals surface area contributed by atoms with Crippen molar-refractivity contribution >= 4 is 32.7 Å². The number of nitro benzene ring substituents is 1. The molecule has 0 aliphatic rings. The Morgan fingerprint density at radius 3 is 2.58 bits per heavy atom. The summed E-state index contributed by atoms with van der Waals surface area (Å²) in [6.45, 7) is 3.04. The van der Waals surface area contributed by atoms with Gasteiger partial charge in [-0.05, 0) is 19.9 Å². The summed E-state index contributed by atoms with van der Waals surface area (Å²) in [6.07, 6.45) is 0. The zero-order valence-corrected chi connectivity index (χ0v) is 11.1. The Bertz CT molecular complexity index is 763. The predicted molar refractivity (Wildman–Crippen MR) is 70.3 cm³/mol. The van der Waals surface area contributed by atoms with E-state index in [2.05, 4.69) is 4.98 Å². The van der Waals surface area contributed by atoms with Gasteiger partial charge in [-0.1, -0.05) is 0 Å². The number of hydrogen-bond donors (Lipinski definition) is 1. The fourth-order valence-electron chi connectivity index (χ4n) is 1.66. The van der Waals surface area contributed by atoms with Crippen LogP contribution in [-0.2, 0) is 10.0 Å². The third-order valence-corrected chi connectivity index (χ3v) is 4.77. The van der Waals surface area contributed by atoms with Gasteiger partial charge in [-0.2, -0.15) is 0 Å². The van der Waals surface area contributed by atoms with Crippen LogP contribution in [-0.4, -0.2) is 27.5 Å². The molecule has 9 heteroatoms. The van der Waals surface area contributed by atoms with Crippen LogP contribution in [0.2, 0.25) is 0 Å². The van der Waals surface area contributed by atoms with Crippen LogP contribution >= 0.6 is 0 Å². The van der Waals surface area contributed by atoms with Crippen molar-refractivity contribution < 1.29 is 13.3 Å². The quantitative estimate of drug-likeness (QED) is 0.665. The van der Waals surface area contributed by atoms with Gasteiger partial charge in [0.2, 0.25) is 16.0 Å². The first-order valence-electron chi connectivity index (χ1n) is 5.42. The summed E-state index contributed by atoms with van der Waals surface area (Å²) in [7, 11) is -3.66. The van der Waals surface area contributed by atoms with Gasteiger partial charge in [-0.3, -0.25) is 10.1 Å². The molecule has 0 aliphatic carbocycles. The number of anilines is 1. The van der Waals surface area contributed by atoms with E-state index >= 15 is 0 Å². The number of rotatable bonds is 3. The van der Waals surface area contributed by atoms with Crippen molar-refractivity contribution in [3.05, 3.63) is 28.3 Å². The van der Waals surface area contributed by atoms with E-state index in [0.29, 0.717) is 0 Å². The molecule has 2 rings (SSSR count). The molecule has 0 fully saturated rings. The largest absolute Gasteiger partial charge is 0.368 e. The number of non-ortho nitro benzene ring substituents is 1. The minimum atomic E-state index is -3.66. The molecule has 0 atom stereocenters. The van der Waals surface area contributed by atoms with Crippen molar-refractivity contribution in [1.29, 1.82) is 0 Å². The first kappa shape index (κ1) is 13.3. The Balaban J connectivity index is 2.78. The number of benzene rings is 1. The zero-order chi connectivity index (χ0) is 14.4. The number of nitro groups is 1. The molecule has 0 unspecified atom stereocenters. The van der Waals surface area contributed by atoms with Gasteiger partial charge in [-0.15, -0.1) is 0 Å². The van der Waals surface area contributed by atoms with Gasteiger partial charge >= 0.3 is 0 Å². The fraction of sp³-hybridized carbons (Fsp3) is 0.300. The van der Waals surface area contributed by atoms with Gasteiger partial charge in [0.15, 0.2) is 0 Å². The molecule has 0 aliphatic heterocycles. The summed E-state index contributed by atoms with van der Waals surface area (Å²) >= 11 is 0. The highest BCUT2D eigenvalue weighted by molar-refractivity contribution is 7.90. The SMILES string of the molecule is CC(C)S(=O)(=O)n1c(N)nc2cc([N+](=O)[O-])ccc21. The van der Waals surface area contributed by atoms with Crippen LogP contribution in [0.25, 0.3) is 11.0 Å². The fourth-order valence-corrected chi connectivity index (χ4v) is 2.81. The Kier molecular flexibility index (Phi) is 2.93. The molecule has 0 spiro atoms. The Labute approximate surface area is 109 Å². The lowest BCUT2D eigenvalue weighted by Crippen LogP contribution is -2.23. The third-order valence-electron chi connectivity index (χ3n) is 2.68. The lowest BCUT2D eigenvalue weighted by atomic mass is 10.3. The minimum absolute atomic E-state index is 0.168. The topological polar surface area (TPSA) is 121 Å². The maximum atomic E-state index is 12.2. The molecule has 0 radical (unpaired) electrons. The second-order valence-electron chi connectivity index (χ2n) is 4.26. The molecule has 2 N–H and O–H groups in total. The number of imidazole rings is 1. The molecule has 1 heterocycles. The minimum Gasteiger partial charge on any atom is -0.368 e. The van der Waals surface area contributed by atoms with E-state index in [1.807, 2.05) is 0 Å². The second-order valence-corrected chi connectivity index (χ2v) is 6.60. The number of nitrogen functional groups attached to an aromatic ring is 1. The summed E-state index contributed by atoms with van der Waals surface area (Å²) in [6, 6.07) is 3.74. The highest BCUT2D eigenvalue weighted by Gasteiger charge is 2.25. The first-order chi connectivity index (χ1) is 8.75. The smallest absolute Gasteiger partial charge is 0.271 e. The number of nitrogens with zero attached hydrogens (tertiary/aromatic N) is 3. The van der Waals surface area contributed by atoms with Crippen LogP contribution in [0, 0.1) is 10.1 Å². The maximum Gasteiger partial charge on any atom is 0.271 e. The van der Waals surface area contributed by atoms with Gasteiger partial charge in [0.25, 0.3) is 5.69 Å². The van der Waals surface area contributed by atoms with Gasteiger partial charge in [-0.25, -0.2) is 17.4 Å². The molecule has 2 aromatic rings. The number of aromatic nitrogens is 2. The van der Waals surface area contributed by atoms with Crippen molar-refractivity contribution in [2.45, 2.75) is 19.1 Å². The maximum absolute atomic E-state index is 12.2. The molecule has 0 saturated heterocycles. The molecule has 8 nitrogen and oxygen atoms in total. The molecular formula is C10H12N4O4S. The van der Waals surface area contributed by atoms with Crippen LogP contribution in [0.1, 0.15) is 13.8 Å². The average Bonchev–Trinajstić information content (AvgIpc) is 2.63. The van der Waals surface area contributed by atoms with Crippen molar-refractivity contribution in [2.24, 2.45) is 0 Å². The van der Waals surface area contributed by atoms with Crippen molar-refractivity contribution in [2.75, 3.05) is 5.73 Å². The highest BCUT2D eigenvalue weighted by Crippen LogP contribution is 2.25. The molecule has 0 bridgehead atoms.